The molecule has 0 radical (unpaired) electrons. The summed E-state index contributed by atoms with van der Waals surface area (Å²) in [7, 11) is 1.59. The highest BCUT2D eigenvalue weighted by Crippen LogP contribution is 2.27. The fourth-order valence-corrected chi connectivity index (χ4v) is 1.92. The van der Waals surface area contributed by atoms with Crippen LogP contribution in [0.5, 0.6) is 5.75 Å². The van der Waals surface area contributed by atoms with Crippen LogP contribution in [0.25, 0.3) is 11.4 Å². The Morgan fingerprint density at radius 1 is 1.28 bits per heavy atom. The molecule has 6 heteroatoms. The minimum absolute atomic E-state index is 0.194. The number of hydrogen-bond donors (Lipinski definition) is 1. The van der Waals surface area contributed by atoms with Crippen molar-refractivity contribution in [2.45, 2.75) is 6.61 Å². The van der Waals surface area contributed by atoms with Gasteiger partial charge in [0.15, 0.2) is 5.82 Å². The first-order valence-corrected chi connectivity index (χ1v) is 6.29. The number of halogens is 2. The topological polar surface area (TPSA) is 55.2 Å². The molecule has 0 aliphatic rings. The van der Waals surface area contributed by atoms with Crippen LogP contribution >= 0.6 is 27.5 Å². The lowest BCUT2D eigenvalue weighted by atomic mass is 10.2. The largest absolute Gasteiger partial charge is 0.508 e. The fraction of sp³-hybridized carbons (Fsp3) is 0.167. The van der Waals surface area contributed by atoms with Gasteiger partial charge in [-0.25, -0.2) is 9.97 Å². The van der Waals surface area contributed by atoms with E-state index in [1.807, 2.05) is 0 Å². The third-order valence-corrected chi connectivity index (χ3v) is 3.62. The zero-order chi connectivity index (χ0) is 13.1. The Balaban J connectivity index is 2.48. The van der Waals surface area contributed by atoms with Crippen molar-refractivity contribution in [2.24, 2.45) is 0 Å². The molecule has 0 saturated carbocycles. The quantitative estimate of drug-likeness (QED) is 0.877. The lowest BCUT2D eigenvalue weighted by Crippen LogP contribution is -1.99. The summed E-state index contributed by atoms with van der Waals surface area (Å²) in [4.78, 5) is 8.56. The molecule has 0 amide bonds. The zero-order valence-electron chi connectivity index (χ0n) is 9.52. The number of aromatic nitrogens is 2. The van der Waals surface area contributed by atoms with Crippen molar-refractivity contribution in [3.05, 3.63) is 39.6 Å². The first kappa shape index (κ1) is 13.3. The summed E-state index contributed by atoms with van der Waals surface area (Å²) in [6.45, 7) is 0.341. The van der Waals surface area contributed by atoms with E-state index in [0.717, 1.165) is 5.56 Å². The molecule has 0 unspecified atom stereocenters. The first-order chi connectivity index (χ1) is 8.61. The highest BCUT2D eigenvalue weighted by Gasteiger charge is 2.11. The van der Waals surface area contributed by atoms with Crippen LogP contribution in [-0.2, 0) is 11.3 Å². The molecule has 2 aromatic rings. The highest BCUT2D eigenvalue weighted by atomic mass is 79.9. The van der Waals surface area contributed by atoms with E-state index in [1.165, 1.54) is 0 Å². The van der Waals surface area contributed by atoms with Gasteiger partial charge in [0.2, 0.25) is 0 Å². The first-order valence-electron chi connectivity index (χ1n) is 5.12. The Morgan fingerprint density at radius 2 is 1.94 bits per heavy atom. The van der Waals surface area contributed by atoms with Crippen molar-refractivity contribution >= 4 is 27.5 Å². The van der Waals surface area contributed by atoms with Crippen molar-refractivity contribution < 1.29 is 9.84 Å². The van der Waals surface area contributed by atoms with E-state index in [-0.39, 0.29) is 5.75 Å². The van der Waals surface area contributed by atoms with Crippen LogP contribution in [0, 0.1) is 0 Å². The van der Waals surface area contributed by atoms with Gasteiger partial charge in [-0.15, -0.1) is 0 Å². The van der Waals surface area contributed by atoms with Crippen molar-refractivity contribution in [1.82, 2.24) is 9.97 Å². The lowest BCUT2D eigenvalue weighted by Gasteiger charge is -2.07. The van der Waals surface area contributed by atoms with E-state index < -0.39 is 0 Å². The minimum Gasteiger partial charge on any atom is -0.508 e. The second-order valence-electron chi connectivity index (χ2n) is 3.58. The molecule has 4 nitrogen and oxygen atoms in total. The summed E-state index contributed by atoms with van der Waals surface area (Å²) in [5, 5.41) is 9.58. The summed E-state index contributed by atoms with van der Waals surface area (Å²) in [6, 6.07) is 6.60. The maximum absolute atomic E-state index is 9.25. The molecule has 0 aliphatic carbocycles. The third kappa shape index (κ3) is 2.80. The van der Waals surface area contributed by atoms with Gasteiger partial charge >= 0.3 is 0 Å². The van der Waals surface area contributed by atoms with Crippen LogP contribution < -0.4 is 0 Å². The molecule has 0 spiro atoms. The van der Waals surface area contributed by atoms with Crippen LogP contribution in [0.3, 0.4) is 0 Å². The molecule has 0 aliphatic heterocycles. The molecule has 1 N–H and O–H groups in total. The Morgan fingerprint density at radius 3 is 2.56 bits per heavy atom. The molecule has 1 heterocycles. The van der Waals surface area contributed by atoms with Gasteiger partial charge in [0.1, 0.15) is 10.9 Å². The predicted molar refractivity (Wildman–Crippen MR) is 72.6 cm³/mol. The van der Waals surface area contributed by atoms with Gasteiger partial charge < -0.3 is 9.84 Å². The van der Waals surface area contributed by atoms with E-state index >= 15 is 0 Å². The molecule has 1 aromatic heterocycles. The number of benzene rings is 1. The maximum Gasteiger partial charge on any atom is 0.161 e. The molecule has 2 rings (SSSR count). The number of phenolic OH excluding ortho intramolecular Hbond substituents is 1. The van der Waals surface area contributed by atoms with Crippen LogP contribution in [-0.4, -0.2) is 22.2 Å². The van der Waals surface area contributed by atoms with Gasteiger partial charge in [-0.2, -0.15) is 0 Å². The predicted octanol–water partition coefficient (Wildman–Crippen LogP) is 3.41. The third-order valence-electron chi connectivity index (χ3n) is 2.29. The summed E-state index contributed by atoms with van der Waals surface area (Å²) >= 11 is 9.36. The Labute approximate surface area is 118 Å². The number of nitrogens with zero attached hydrogens (tertiary/aromatic N) is 2. The normalized spacial score (nSPS) is 10.6. The molecule has 94 valence electrons. The van der Waals surface area contributed by atoms with Crippen LogP contribution in [0.1, 0.15) is 5.69 Å². The van der Waals surface area contributed by atoms with Crippen LogP contribution in [0.2, 0.25) is 5.15 Å². The number of rotatable bonds is 3. The Kier molecular flexibility index (Phi) is 4.16. The molecule has 0 atom stereocenters. The summed E-state index contributed by atoms with van der Waals surface area (Å²) in [5.74, 6) is 0.689. The number of hydrogen-bond acceptors (Lipinski definition) is 4. The van der Waals surface area contributed by atoms with Gasteiger partial charge in [-0.3, -0.25) is 0 Å². The average molecular weight is 330 g/mol. The fourth-order valence-electron chi connectivity index (χ4n) is 1.43. The molecule has 18 heavy (non-hydrogen) atoms. The maximum atomic E-state index is 9.25. The smallest absolute Gasteiger partial charge is 0.161 e. The van der Waals surface area contributed by atoms with Gasteiger partial charge in [0.25, 0.3) is 0 Å². The van der Waals surface area contributed by atoms with Gasteiger partial charge in [-0.1, -0.05) is 11.6 Å². The van der Waals surface area contributed by atoms with E-state index in [0.29, 0.717) is 27.8 Å². The Hall–Kier alpha value is -1.17. The second-order valence-corrected chi connectivity index (χ2v) is 4.73. The van der Waals surface area contributed by atoms with E-state index in [9.17, 15) is 5.11 Å². The number of phenols is 1. The van der Waals surface area contributed by atoms with Crippen molar-refractivity contribution in [1.29, 1.82) is 0 Å². The molecule has 1 aromatic carbocycles. The number of ether oxygens (including phenoxy) is 1. The second kappa shape index (κ2) is 5.65. The monoisotopic (exact) mass is 328 g/mol. The van der Waals surface area contributed by atoms with Gasteiger partial charge in [-0.05, 0) is 40.2 Å². The summed E-state index contributed by atoms with van der Waals surface area (Å²) < 4.78 is 5.69. The number of methoxy groups -OCH3 is 1. The van der Waals surface area contributed by atoms with Crippen LogP contribution in [0.15, 0.2) is 28.7 Å². The molecular formula is C12H10BrClN2O2. The number of aromatic hydroxyl groups is 1. The van der Waals surface area contributed by atoms with Crippen molar-refractivity contribution in [2.75, 3.05) is 7.11 Å². The van der Waals surface area contributed by atoms with E-state index in [2.05, 4.69) is 25.9 Å². The highest BCUT2D eigenvalue weighted by molar-refractivity contribution is 9.10. The summed E-state index contributed by atoms with van der Waals surface area (Å²) in [5.41, 5.74) is 1.46. The van der Waals surface area contributed by atoms with E-state index in [4.69, 9.17) is 16.3 Å². The Bertz CT molecular complexity index is 561. The molecule has 0 bridgehead atoms. The van der Waals surface area contributed by atoms with E-state index in [1.54, 1.807) is 31.4 Å². The summed E-state index contributed by atoms with van der Waals surface area (Å²) in [6.07, 6.45) is 0. The molecule has 0 fully saturated rings. The van der Waals surface area contributed by atoms with Gasteiger partial charge in [0.05, 0.1) is 16.8 Å². The average Bonchev–Trinajstić information content (AvgIpc) is 2.36. The van der Waals surface area contributed by atoms with Crippen molar-refractivity contribution in [3.8, 4) is 17.1 Å². The standard InChI is InChI=1S/C12H10BrClN2O2/c1-18-6-9-10(13)11(14)16-12(15-9)7-2-4-8(17)5-3-7/h2-5,17H,6H2,1H3. The van der Waals surface area contributed by atoms with Gasteiger partial charge in [0, 0.05) is 12.7 Å². The molecular weight excluding hydrogens is 320 g/mol. The SMILES string of the molecule is COCc1nc(-c2ccc(O)cc2)nc(Cl)c1Br. The van der Waals surface area contributed by atoms with Crippen molar-refractivity contribution in [3.63, 3.8) is 0 Å². The minimum atomic E-state index is 0.194. The molecule has 0 saturated heterocycles. The lowest BCUT2D eigenvalue weighted by molar-refractivity contribution is 0.181. The zero-order valence-corrected chi connectivity index (χ0v) is 11.9. The van der Waals surface area contributed by atoms with Crippen LogP contribution in [0.4, 0.5) is 0 Å².